The van der Waals surface area contributed by atoms with Gasteiger partial charge in [-0.2, -0.15) is 0 Å². The van der Waals surface area contributed by atoms with Gasteiger partial charge in [-0.15, -0.1) is 0 Å². The minimum absolute atomic E-state index is 0.460. The van der Waals surface area contributed by atoms with Crippen molar-refractivity contribution in [1.82, 2.24) is 15.1 Å². The van der Waals surface area contributed by atoms with Crippen LogP contribution in [0.4, 0.5) is 0 Å². The Hall–Kier alpha value is -0.120. The molecule has 0 aromatic rings. The molecule has 116 valence electrons. The molecule has 2 aliphatic carbocycles. The van der Waals surface area contributed by atoms with Crippen molar-refractivity contribution in [2.75, 3.05) is 33.2 Å². The van der Waals surface area contributed by atoms with Gasteiger partial charge in [0.15, 0.2) is 0 Å². The molecule has 2 saturated carbocycles. The molecule has 0 radical (unpaired) electrons. The van der Waals surface area contributed by atoms with Gasteiger partial charge in [0.1, 0.15) is 0 Å². The Morgan fingerprint density at radius 1 is 0.900 bits per heavy atom. The highest BCUT2D eigenvalue weighted by Gasteiger charge is 2.44. The summed E-state index contributed by atoms with van der Waals surface area (Å²) in [6, 6.07) is 2.35. The Bertz CT molecular complexity index is 314. The van der Waals surface area contributed by atoms with E-state index >= 15 is 0 Å². The summed E-state index contributed by atoms with van der Waals surface area (Å²) in [5.41, 5.74) is 0.460. The second-order valence-electron chi connectivity index (χ2n) is 7.87. The van der Waals surface area contributed by atoms with Gasteiger partial charge in [-0.05, 0) is 38.1 Å². The predicted octanol–water partition coefficient (Wildman–Crippen LogP) is 2.32. The van der Waals surface area contributed by atoms with Crippen molar-refractivity contribution < 1.29 is 0 Å². The van der Waals surface area contributed by atoms with Gasteiger partial charge < -0.3 is 5.32 Å². The molecule has 20 heavy (non-hydrogen) atoms. The highest BCUT2D eigenvalue weighted by Crippen LogP contribution is 2.40. The maximum atomic E-state index is 3.61. The Balaban J connectivity index is 1.55. The molecule has 2 atom stereocenters. The Kier molecular flexibility index (Phi) is 4.40. The van der Waals surface area contributed by atoms with E-state index in [1.807, 2.05) is 0 Å². The summed E-state index contributed by atoms with van der Waals surface area (Å²) >= 11 is 0. The lowest BCUT2D eigenvalue weighted by molar-refractivity contribution is 0.0576. The van der Waals surface area contributed by atoms with Crippen LogP contribution in [0, 0.1) is 5.41 Å². The molecule has 0 aromatic heterocycles. The second-order valence-corrected chi connectivity index (χ2v) is 7.87. The van der Waals surface area contributed by atoms with E-state index in [9.17, 15) is 0 Å². The van der Waals surface area contributed by atoms with Crippen molar-refractivity contribution in [3.05, 3.63) is 0 Å². The van der Waals surface area contributed by atoms with Gasteiger partial charge in [0, 0.05) is 44.3 Å². The van der Waals surface area contributed by atoms with Crippen LogP contribution >= 0.6 is 0 Å². The monoisotopic (exact) mass is 279 g/mol. The zero-order chi connectivity index (χ0) is 14.2. The molecule has 1 saturated heterocycles. The minimum Gasteiger partial charge on any atom is -0.315 e. The van der Waals surface area contributed by atoms with E-state index in [-0.39, 0.29) is 0 Å². The smallest absolute Gasteiger partial charge is 0.0271 e. The van der Waals surface area contributed by atoms with Gasteiger partial charge in [-0.25, -0.2) is 0 Å². The van der Waals surface area contributed by atoms with Crippen LogP contribution in [0.5, 0.6) is 0 Å². The third-order valence-corrected chi connectivity index (χ3v) is 6.28. The van der Waals surface area contributed by atoms with Crippen LogP contribution in [0.3, 0.4) is 0 Å². The van der Waals surface area contributed by atoms with Gasteiger partial charge in [0.2, 0.25) is 0 Å². The number of hydrogen-bond acceptors (Lipinski definition) is 3. The second kappa shape index (κ2) is 5.94. The summed E-state index contributed by atoms with van der Waals surface area (Å²) in [6.07, 6.45) is 8.58. The molecule has 3 heteroatoms. The summed E-state index contributed by atoms with van der Waals surface area (Å²) in [5, 5.41) is 3.61. The fourth-order valence-electron chi connectivity index (χ4n) is 5.04. The molecule has 1 N–H and O–H groups in total. The number of likely N-dealkylation sites (N-methyl/N-ethyl adjacent to an activating group) is 1. The van der Waals surface area contributed by atoms with Crippen LogP contribution in [0.15, 0.2) is 0 Å². The first-order valence-electron chi connectivity index (χ1n) is 8.77. The SMILES string of the molecule is CNC1C(N2CCN(C3CCCC3)CC2)CCC1(C)C. The third-order valence-electron chi connectivity index (χ3n) is 6.28. The molecular weight excluding hydrogens is 246 g/mol. The van der Waals surface area contributed by atoms with E-state index < -0.39 is 0 Å². The average Bonchev–Trinajstić information content (AvgIpc) is 3.06. The van der Waals surface area contributed by atoms with Crippen LogP contribution < -0.4 is 5.32 Å². The van der Waals surface area contributed by atoms with E-state index in [2.05, 4.69) is 36.0 Å². The normalized spacial score (nSPS) is 36.8. The number of hydrogen-bond donors (Lipinski definition) is 1. The third kappa shape index (κ3) is 2.77. The lowest BCUT2D eigenvalue weighted by Gasteiger charge is -2.43. The van der Waals surface area contributed by atoms with Crippen LogP contribution in [-0.4, -0.2) is 61.2 Å². The lowest BCUT2D eigenvalue weighted by Crippen LogP contribution is -2.57. The summed E-state index contributed by atoms with van der Waals surface area (Å²) in [7, 11) is 2.15. The standard InChI is InChI=1S/C17H33N3/c1-17(2)9-8-15(16(17)18-3)20-12-10-19(11-13-20)14-6-4-5-7-14/h14-16,18H,4-13H2,1-3H3. The first-order chi connectivity index (χ1) is 9.62. The molecule has 1 heterocycles. The van der Waals surface area contributed by atoms with Gasteiger partial charge >= 0.3 is 0 Å². The van der Waals surface area contributed by atoms with Crippen molar-refractivity contribution in [3.8, 4) is 0 Å². The highest BCUT2D eigenvalue weighted by atomic mass is 15.3. The van der Waals surface area contributed by atoms with Crippen LogP contribution in [0.1, 0.15) is 52.4 Å². The highest BCUT2D eigenvalue weighted by molar-refractivity contribution is 5.01. The maximum Gasteiger partial charge on any atom is 0.0271 e. The molecule has 3 nitrogen and oxygen atoms in total. The average molecular weight is 279 g/mol. The van der Waals surface area contributed by atoms with Gasteiger partial charge in [-0.1, -0.05) is 26.7 Å². The largest absolute Gasteiger partial charge is 0.315 e. The first-order valence-corrected chi connectivity index (χ1v) is 8.77. The quantitative estimate of drug-likeness (QED) is 0.855. The van der Waals surface area contributed by atoms with E-state index in [0.29, 0.717) is 11.5 Å². The van der Waals surface area contributed by atoms with Crippen molar-refractivity contribution in [2.45, 2.75) is 70.5 Å². The van der Waals surface area contributed by atoms with Gasteiger partial charge in [0.05, 0.1) is 0 Å². The molecule has 3 fully saturated rings. The van der Waals surface area contributed by atoms with Crippen LogP contribution in [-0.2, 0) is 0 Å². The summed E-state index contributed by atoms with van der Waals surface area (Å²) < 4.78 is 0. The first kappa shape index (κ1) is 14.8. The molecule has 0 amide bonds. The maximum absolute atomic E-state index is 3.61. The summed E-state index contributed by atoms with van der Waals surface area (Å²) in [4.78, 5) is 5.55. The fourth-order valence-corrected chi connectivity index (χ4v) is 5.04. The molecule has 0 spiro atoms. The van der Waals surface area contributed by atoms with E-state index in [1.165, 1.54) is 64.7 Å². The topological polar surface area (TPSA) is 18.5 Å². The number of nitrogens with one attached hydrogen (secondary N) is 1. The predicted molar refractivity (Wildman–Crippen MR) is 85.1 cm³/mol. The molecule has 3 aliphatic rings. The molecule has 2 unspecified atom stereocenters. The number of rotatable bonds is 3. The zero-order valence-electron chi connectivity index (χ0n) is 13.7. The summed E-state index contributed by atoms with van der Waals surface area (Å²) in [6.45, 7) is 10.0. The summed E-state index contributed by atoms with van der Waals surface area (Å²) in [5.74, 6) is 0. The Morgan fingerprint density at radius 2 is 1.50 bits per heavy atom. The Morgan fingerprint density at radius 3 is 2.10 bits per heavy atom. The van der Waals surface area contributed by atoms with E-state index in [4.69, 9.17) is 0 Å². The molecular formula is C17H33N3. The minimum atomic E-state index is 0.460. The van der Waals surface area contributed by atoms with Crippen LogP contribution in [0.2, 0.25) is 0 Å². The molecule has 3 rings (SSSR count). The number of nitrogens with zero attached hydrogens (tertiary/aromatic N) is 2. The van der Waals surface area contributed by atoms with Crippen molar-refractivity contribution in [2.24, 2.45) is 5.41 Å². The van der Waals surface area contributed by atoms with Gasteiger partial charge in [0.25, 0.3) is 0 Å². The number of piperazine rings is 1. The van der Waals surface area contributed by atoms with Crippen molar-refractivity contribution in [3.63, 3.8) is 0 Å². The van der Waals surface area contributed by atoms with Crippen LogP contribution in [0.25, 0.3) is 0 Å². The lowest BCUT2D eigenvalue weighted by atomic mass is 9.86. The molecule has 0 aromatic carbocycles. The van der Waals surface area contributed by atoms with E-state index in [0.717, 1.165) is 12.1 Å². The van der Waals surface area contributed by atoms with E-state index in [1.54, 1.807) is 0 Å². The van der Waals surface area contributed by atoms with Crippen molar-refractivity contribution >= 4 is 0 Å². The Labute approximate surface area is 125 Å². The fraction of sp³-hybridized carbons (Fsp3) is 1.00. The molecule has 0 bridgehead atoms. The van der Waals surface area contributed by atoms with Gasteiger partial charge in [-0.3, -0.25) is 9.80 Å². The zero-order valence-corrected chi connectivity index (χ0v) is 13.7. The van der Waals surface area contributed by atoms with Crippen molar-refractivity contribution in [1.29, 1.82) is 0 Å². The molecule has 1 aliphatic heterocycles.